The summed E-state index contributed by atoms with van der Waals surface area (Å²) in [5.41, 5.74) is 1.77. The highest BCUT2D eigenvalue weighted by Gasteiger charge is 2.24. The lowest BCUT2D eigenvalue weighted by Gasteiger charge is -2.34. The van der Waals surface area contributed by atoms with E-state index in [4.69, 9.17) is 0 Å². The Bertz CT molecular complexity index is 703. The first-order valence-electron chi connectivity index (χ1n) is 8.11. The Morgan fingerprint density at radius 2 is 1.67 bits per heavy atom. The van der Waals surface area contributed by atoms with Crippen molar-refractivity contribution < 1.29 is 9.59 Å². The van der Waals surface area contributed by atoms with Crippen LogP contribution in [0.15, 0.2) is 48.8 Å². The van der Waals surface area contributed by atoms with Crippen LogP contribution in [0.1, 0.15) is 15.9 Å². The number of piperazine rings is 1. The van der Waals surface area contributed by atoms with Crippen LogP contribution in [0.2, 0.25) is 0 Å². The smallest absolute Gasteiger partial charge is 0.317 e. The number of urea groups is 1. The number of nitrogens with zero attached hydrogens (tertiary/aromatic N) is 3. The van der Waals surface area contributed by atoms with Crippen molar-refractivity contribution in [2.75, 3.05) is 26.2 Å². The lowest BCUT2D eigenvalue weighted by Crippen LogP contribution is -2.53. The van der Waals surface area contributed by atoms with Crippen molar-refractivity contribution in [2.24, 2.45) is 7.05 Å². The molecule has 1 saturated heterocycles. The predicted octanol–water partition coefficient (Wildman–Crippen LogP) is 1.69. The maximum Gasteiger partial charge on any atom is 0.317 e. The van der Waals surface area contributed by atoms with Gasteiger partial charge in [-0.3, -0.25) is 4.79 Å². The summed E-state index contributed by atoms with van der Waals surface area (Å²) in [6, 6.07) is 11.6. The van der Waals surface area contributed by atoms with Gasteiger partial charge in [0.1, 0.15) is 0 Å². The van der Waals surface area contributed by atoms with Crippen molar-refractivity contribution in [3.8, 4) is 0 Å². The van der Waals surface area contributed by atoms with E-state index in [2.05, 4.69) is 5.32 Å². The Morgan fingerprint density at radius 1 is 1.00 bits per heavy atom. The minimum atomic E-state index is -0.0781. The van der Waals surface area contributed by atoms with Gasteiger partial charge in [-0.25, -0.2) is 4.79 Å². The molecule has 0 aliphatic carbocycles. The Morgan fingerprint density at radius 3 is 2.29 bits per heavy atom. The van der Waals surface area contributed by atoms with Crippen LogP contribution < -0.4 is 5.32 Å². The average molecular weight is 326 g/mol. The quantitative estimate of drug-likeness (QED) is 0.933. The Labute approximate surface area is 141 Å². The number of benzene rings is 1. The minimum Gasteiger partial charge on any atom is -0.356 e. The van der Waals surface area contributed by atoms with Crippen LogP contribution in [0.3, 0.4) is 0 Å². The molecule has 2 heterocycles. The number of aryl methyl sites for hydroxylation is 1. The van der Waals surface area contributed by atoms with Crippen LogP contribution in [0.25, 0.3) is 0 Å². The Hall–Kier alpha value is -2.76. The van der Waals surface area contributed by atoms with Crippen molar-refractivity contribution in [1.82, 2.24) is 19.7 Å². The summed E-state index contributed by atoms with van der Waals surface area (Å²) in [5.74, 6) is 0.0277. The summed E-state index contributed by atoms with van der Waals surface area (Å²) in [5, 5.41) is 2.93. The standard InChI is InChI=1S/C18H22N4O2/c1-20-8-7-16(14-20)17(23)21-9-11-22(12-10-21)18(24)19-13-15-5-3-2-4-6-15/h2-8,14H,9-13H2,1H3,(H,19,24). The summed E-state index contributed by atoms with van der Waals surface area (Å²) < 4.78 is 1.86. The number of carbonyl (C=O) groups is 2. The molecule has 1 aliphatic heterocycles. The average Bonchev–Trinajstić information content (AvgIpc) is 3.06. The zero-order chi connectivity index (χ0) is 16.9. The fraction of sp³-hybridized carbons (Fsp3) is 0.333. The maximum absolute atomic E-state index is 12.4. The zero-order valence-corrected chi connectivity index (χ0v) is 13.8. The van der Waals surface area contributed by atoms with Gasteiger partial charge in [0.2, 0.25) is 0 Å². The van der Waals surface area contributed by atoms with Gasteiger partial charge >= 0.3 is 6.03 Å². The highest BCUT2D eigenvalue weighted by Crippen LogP contribution is 2.09. The van der Waals surface area contributed by atoms with Crippen molar-refractivity contribution in [3.63, 3.8) is 0 Å². The molecule has 3 amide bonds. The van der Waals surface area contributed by atoms with E-state index < -0.39 is 0 Å². The van der Waals surface area contributed by atoms with E-state index in [1.165, 1.54) is 0 Å². The predicted molar refractivity (Wildman–Crippen MR) is 91.6 cm³/mol. The molecule has 2 aromatic rings. The van der Waals surface area contributed by atoms with E-state index in [1.54, 1.807) is 9.80 Å². The van der Waals surface area contributed by atoms with Gasteiger partial charge in [-0.1, -0.05) is 30.3 Å². The molecule has 0 atom stereocenters. The van der Waals surface area contributed by atoms with Crippen LogP contribution in [0.5, 0.6) is 0 Å². The molecule has 1 N–H and O–H groups in total. The highest BCUT2D eigenvalue weighted by atomic mass is 16.2. The molecule has 0 bridgehead atoms. The van der Waals surface area contributed by atoms with Gasteiger partial charge in [0, 0.05) is 52.2 Å². The third-order valence-corrected chi connectivity index (χ3v) is 4.22. The number of nitrogens with one attached hydrogen (secondary N) is 1. The lowest BCUT2D eigenvalue weighted by molar-refractivity contribution is 0.0665. The monoisotopic (exact) mass is 326 g/mol. The van der Waals surface area contributed by atoms with Gasteiger partial charge in [0.15, 0.2) is 0 Å². The van der Waals surface area contributed by atoms with Crippen molar-refractivity contribution in [3.05, 3.63) is 59.9 Å². The molecule has 24 heavy (non-hydrogen) atoms. The third-order valence-electron chi connectivity index (χ3n) is 4.22. The van der Waals surface area contributed by atoms with Gasteiger partial charge in [0.05, 0.1) is 5.56 Å². The normalized spacial score (nSPS) is 14.5. The molecule has 126 valence electrons. The number of rotatable bonds is 3. The van der Waals surface area contributed by atoms with Crippen LogP contribution in [0, 0.1) is 0 Å². The first-order chi connectivity index (χ1) is 11.6. The second-order valence-corrected chi connectivity index (χ2v) is 5.99. The van der Waals surface area contributed by atoms with Crippen LogP contribution in [0.4, 0.5) is 4.79 Å². The van der Waals surface area contributed by atoms with Gasteiger partial charge in [-0.15, -0.1) is 0 Å². The molecule has 0 saturated carbocycles. The summed E-state index contributed by atoms with van der Waals surface area (Å²) in [7, 11) is 1.89. The Kier molecular flexibility index (Phi) is 4.84. The molecule has 0 spiro atoms. The van der Waals surface area contributed by atoms with Gasteiger partial charge < -0.3 is 19.7 Å². The molecule has 1 aliphatic rings. The first-order valence-corrected chi connectivity index (χ1v) is 8.11. The number of amides is 3. The van der Waals surface area contributed by atoms with E-state index in [0.717, 1.165) is 5.56 Å². The van der Waals surface area contributed by atoms with Crippen molar-refractivity contribution >= 4 is 11.9 Å². The third kappa shape index (κ3) is 3.76. The second-order valence-electron chi connectivity index (χ2n) is 5.99. The van der Waals surface area contributed by atoms with Crippen LogP contribution in [-0.2, 0) is 13.6 Å². The van der Waals surface area contributed by atoms with Gasteiger partial charge in [-0.2, -0.15) is 0 Å². The summed E-state index contributed by atoms with van der Waals surface area (Å²) in [6.45, 7) is 2.75. The first kappa shape index (κ1) is 16.1. The topological polar surface area (TPSA) is 57.6 Å². The molecule has 3 rings (SSSR count). The lowest BCUT2D eigenvalue weighted by atomic mass is 10.2. The molecular weight excluding hydrogens is 304 g/mol. The molecule has 6 nitrogen and oxygen atoms in total. The molecule has 6 heteroatoms. The summed E-state index contributed by atoms with van der Waals surface area (Å²) >= 11 is 0. The van der Waals surface area contributed by atoms with Crippen molar-refractivity contribution in [2.45, 2.75) is 6.54 Å². The number of hydrogen-bond acceptors (Lipinski definition) is 2. The highest BCUT2D eigenvalue weighted by molar-refractivity contribution is 5.94. The maximum atomic E-state index is 12.4. The van der Waals surface area contributed by atoms with E-state index >= 15 is 0 Å². The molecule has 0 unspecified atom stereocenters. The zero-order valence-electron chi connectivity index (χ0n) is 13.8. The fourth-order valence-corrected chi connectivity index (χ4v) is 2.81. The number of carbonyl (C=O) groups excluding carboxylic acids is 2. The largest absolute Gasteiger partial charge is 0.356 e. The summed E-state index contributed by atoms with van der Waals surface area (Å²) in [4.78, 5) is 28.2. The van der Waals surface area contributed by atoms with Crippen molar-refractivity contribution in [1.29, 1.82) is 0 Å². The molecule has 0 radical (unpaired) electrons. The van der Waals surface area contributed by atoms with E-state index in [9.17, 15) is 9.59 Å². The van der Waals surface area contributed by atoms with E-state index in [1.807, 2.05) is 60.4 Å². The molecule has 1 aromatic carbocycles. The van der Waals surface area contributed by atoms with E-state index in [0.29, 0.717) is 38.3 Å². The number of hydrogen-bond donors (Lipinski definition) is 1. The second kappa shape index (κ2) is 7.21. The summed E-state index contributed by atoms with van der Waals surface area (Å²) in [6.07, 6.45) is 3.68. The molecular formula is C18H22N4O2. The molecule has 1 aromatic heterocycles. The fourth-order valence-electron chi connectivity index (χ4n) is 2.81. The minimum absolute atomic E-state index is 0.0277. The van der Waals surface area contributed by atoms with Crippen LogP contribution >= 0.6 is 0 Å². The van der Waals surface area contributed by atoms with Gasteiger partial charge in [0.25, 0.3) is 5.91 Å². The molecule has 1 fully saturated rings. The Balaban J connectivity index is 1.47. The SMILES string of the molecule is Cn1ccc(C(=O)N2CCN(C(=O)NCc3ccccc3)CC2)c1. The number of aromatic nitrogens is 1. The van der Waals surface area contributed by atoms with E-state index in [-0.39, 0.29) is 11.9 Å². The van der Waals surface area contributed by atoms with Gasteiger partial charge in [-0.05, 0) is 11.6 Å². The van der Waals surface area contributed by atoms with Crippen LogP contribution in [-0.4, -0.2) is 52.5 Å².